The predicted octanol–water partition coefficient (Wildman–Crippen LogP) is 12.6. The molecule has 7 aromatic carbocycles. The summed E-state index contributed by atoms with van der Waals surface area (Å²) in [5.41, 5.74) is 12.5. The fraction of sp³-hybridized carbons (Fsp3) is 0. The molecule has 50 heavy (non-hydrogen) atoms. The van der Waals surface area contributed by atoms with E-state index in [4.69, 9.17) is 18.8 Å². The van der Waals surface area contributed by atoms with Gasteiger partial charge in [0.2, 0.25) is 5.71 Å². The highest BCUT2D eigenvalue weighted by molar-refractivity contribution is 6.11. The molecule has 0 unspecified atom stereocenters. The lowest BCUT2D eigenvalue weighted by molar-refractivity contribution is 0.653. The molecule has 4 heteroatoms. The number of hydrogen-bond donors (Lipinski definition) is 0. The molecule has 0 atom stereocenters. The standard InChI is InChI=1S/C46H28N2O2/c1-2-12-29(13-3-1)30-14-8-15-31(26-30)32-16-9-18-34(27-32)43-42-39-21-5-7-25-41(39)50-46(42)48-45(47-43)35-19-10-17-33(28-35)36-22-11-23-38-37-20-4-6-24-40(37)49-44(36)38/h1-28H. The van der Waals surface area contributed by atoms with E-state index in [0.29, 0.717) is 11.5 Å². The van der Waals surface area contributed by atoms with Crippen molar-refractivity contribution in [1.29, 1.82) is 0 Å². The van der Waals surface area contributed by atoms with Crippen LogP contribution in [0.5, 0.6) is 0 Å². The quantitative estimate of drug-likeness (QED) is 0.188. The summed E-state index contributed by atoms with van der Waals surface area (Å²) >= 11 is 0. The minimum atomic E-state index is 0.562. The van der Waals surface area contributed by atoms with Crippen LogP contribution in [0.15, 0.2) is 179 Å². The van der Waals surface area contributed by atoms with E-state index in [1.165, 1.54) is 11.1 Å². The smallest absolute Gasteiger partial charge is 0.231 e. The Kier molecular flexibility index (Phi) is 6.46. The SMILES string of the molecule is c1ccc(-c2cccc(-c3cccc(-c4nc(-c5cccc(-c6cccc7c6oc6ccccc67)c5)nc5oc6ccccc6c45)c3)c2)cc1. The van der Waals surface area contributed by atoms with Gasteiger partial charge in [-0.05, 0) is 58.1 Å². The monoisotopic (exact) mass is 640 g/mol. The van der Waals surface area contributed by atoms with Gasteiger partial charge in [-0.1, -0.05) is 140 Å². The minimum absolute atomic E-state index is 0.562. The van der Waals surface area contributed by atoms with Crippen LogP contribution in [0.1, 0.15) is 0 Å². The molecule has 10 aromatic rings. The van der Waals surface area contributed by atoms with Gasteiger partial charge in [-0.15, -0.1) is 0 Å². The molecule has 0 saturated carbocycles. The Morgan fingerprint density at radius 1 is 0.360 bits per heavy atom. The second-order valence-corrected chi connectivity index (χ2v) is 12.6. The van der Waals surface area contributed by atoms with Gasteiger partial charge in [0, 0.05) is 32.8 Å². The number of rotatable bonds is 5. The first-order valence-corrected chi connectivity index (χ1v) is 16.7. The summed E-state index contributed by atoms with van der Waals surface area (Å²) in [5.74, 6) is 0.599. The van der Waals surface area contributed by atoms with Crippen LogP contribution < -0.4 is 0 Å². The summed E-state index contributed by atoms with van der Waals surface area (Å²) < 4.78 is 12.8. The molecule has 3 heterocycles. The van der Waals surface area contributed by atoms with Gasteiger partial charge in [-0.3, -0.25) is 0 Å². The van der Waals surface area contributed by atoms with Crippen LogP contribution in [0.2, 0.25) is 0 Å². The maximum absolute atomic E-state index is 6.40. The number of furan rings is 2. The molecular formula is C46H28N2O2. The minimum Gasteiger partial charge on any atom is -0.455 e. The van der Waals surface area contributed by atoms with Crippen molar-refractivity contribution in [2.24, 2.45) is 0 Å². The molecule has 0 aliphatic rings. The van der Waals surface area contributed by atoms with Crippen molar-refractivity contribution >= 4 is 44.0 Å². The zero-order chi connectivity index (χ0) is 33.0. The largest absolute Gasteiger partial charge is 0.455 e. The van der Waals surface area contributed by atoms with Crippen molar-refractivity contribution in [3.05, 3.63) is 170 Å². The molecule has 0 aliphatic carbocycles. The van der Waals surface area contributed by atoms with Crippen LogP contribution in [-0.4, -0.2) is 9.97 Å². The Balaban J connectivity index is 1.13. The van der Waals surface area contributed by atoms with E-state index < -0.39 is 0 Å². The summed E-state index contributed by atoms with van der Waals surface area (Å²) in [6.07, 6.45) is 0. The van der Waals surface area contributed by atoms with Crippen LogP contribution in [-0.2, 0) is 0 Å². The third kappa shape index (κ3) is 4.69. The second kappa shape index (κ2) is 11.4. The fourth-order valence-corrected chi connectivity index (χ4v) is 7.12. The van der Waals surface area contributed by atoms with Crippen molar-refractivity contribution in [3.8, 4) is 56.0 Å². The zero-order valence-corrected chi connectivity index (χ0v) is 26.9. The third-order valence-corrected chi connectivity index (χ3v) is 9.51. The number of nitrogens with zero attached hydrogens (tertiary/aromatic N) is 2. The Bertz CT molecular complexity index is 2880. The van der Waals surface area contributed by atoms with Crippen molar-refractivity contribution < 1.29 is 8.83 Å². The van der Waals surface area contributed by atoms with Gasteiger partial charge in [0.05, 0.1) is 11.1 Å². The average molecular weight is 641 g/mol. The Labute approximate surface area is 287 Å². The molecule has 0 radical (unpaired) electrons. The lowest BCUT2D eigenvalue weighted by atomic mass is 9.96. The highest BCUT2D eigenvalue weighted by Crippen LogP contribution is 2.40. The Morgan fingerprint density at radius 3 is 1.70 bits per heavy atom. The molecule has 3 aromatic heterocycles. The van der Waals surface area contributed by atoms with Crippen molar-refractivity contribution in [2.75, 3.05) is 0 Å². The molecule has 0 bridgehead atoms. The highest BCUT2D eigenvalue weighted by Gasteiger charge is 2.19. The zero-order valence-electron chi connectivity index (χ0n) is 26.9. The summed E-state index contributed by atoms with van der Waals surface area (Å²) in [7, 11) is 0. The van der Waals surface area contributed by atoms with Crippen LogP contribution >= 0.6 is 0 Å². The predicted molar refractivity (Wildman–Crippen MR) is 204 cm³/mol. The molecule has 4 nitrogen and oxygen atoms in total. The number of fused-ring (bicyclic) bond motifs is 6. The van der Waals surface area contributed by atoms with Gasteiger partial charge < -0.3 is 8.83 Å². The summed E-state index contributed by atoms with van der Waals surface area (Å²) in [6, 6.07) is 58.7. The molecule has 0 spiro atoms. The molecular weight excluding hydrogens is 613 g/mol. The molecule has 0 N–H and O–H groups in total. The van der Waals surface area contributed by atoms with E-state index >= 15 is 0 Å². The van der Waals surface area contributed by atoms with Crippen LogP contribution in [0, 0.1) is 0 Å². The highest BCUT2D eigenvalue weighted by atomic mass is 16.3. The number of para-hydroxylation sites is 3. The normalized spacial score (nSPS) is 11.6. The molecule has 10 rings (SSSR count). The molecule has 234 valence electrons. The Morgan fingerprint density at radius 2 is 0.900 bits per heavy atom. The van der Waals surface area contributed by atoms with Crippen molar-refractivity contribution in [1.82, 2.24) is 9.97 Å². The summed E-state index contributed by atoms with van der Waals surface area (Å²) in [6.45, 7) is 0. The van der Waals surface area contributed by atoms with E-state index in [1.54, 1.807) is 0 Å². The Hall–Kier alpha value is -6.78. The molecule has 0 aliphatic heterocycles. The van der Waals surface area contributed by atoms with Crippen molar-refractivity contribution in [2.45, 2.75) is 0 Å². The number of aromatic nitrogens is 2. The van der Waals surface area contributed by atoms with Crippen LogP contribution in [0.3, 0.4) is 0 Å². The maximum Gasteiger partial charge on any atom is 0.231 e. The van der Waals surface area contributed by atoms with Gasteiger partial charge in [-0.2, -0.15) is 4.98 Å². The van der Waals surface area contributed by atoms with E-state index in [0.717, 1.165) is 77.4 Å². The average Bonchev–Trinajstić information content (AvgIpc) is 3.77. The van der Waals surface area contributed by atoms with Crippen LogP contribution in [0.25, 0.3) is 100 Å². The van der Waals surface area contributed by atoms with E-state index in [9.17, 15) is 0 Å². The topological polar surface area (TPSA) is 52.1 Å². The molecule has 0 saturated heterocycles. The third-order valence-electron chi connectivity index (χ3n) is 9.51. The first-order valence-electron chi connectivity index (χ1n) is 16.7. The van der Waals surface area contributed by atoms with Crippen molar-refractivity contribution in [3.63, 3.8) is 0 Å². The van der Waals surface area contributed by atoms with Gasteiger partial charge >= 0.3 is 0 Å². The van der Waals surface area contributed by atoms with Crippen LogP contribution in [0.4, 0.5) is 0 Å². The molecule has 0 fully saturated rings. The maximum atomic E-state index is 6.40. The van der Waals surface area contributed by atoms with E-state index in [1.807, 2.05) is 42.5 Å². The molecule has 0 amide bonds. The van der Waals surface area contributed by atoms with Gasteiger partial charge in [0.1, 0.15) is 16.7 Å². The van der Waals surface area contributed by atoms with E-state index in [2.05, 4.69) is 127 Å². The number of benzene rings is 7. The first-order chi connectivity index (χ1) is 24.8. The number of hydrogen-bond acceptors (Lipinski definition) is 4. The second-order valence-electron chi connectivity index (χ2n) is 12.6. The summed E-state index contributed by atoms with van der Waals surface area (Å²) in [4.78, 5) is 10.3. The van der Waals surface area contributed by atoms with E-state index in [-0.39, 0.29) is 0 Å². The van der Waals surface area contributed by atoms with Gasteiger partial charge in [0.25, 0.3) is 0 Å². The van der Waals surface area contributed by atoms with Gasteiger partial charge in [0.15, 0.2) is 5.82 Å². The van der Waals surface area contributed by atoms with Gasteiger partial charge in [-0.25, -0.2) is 4.98 Å². The first kappa shape index (κ1) is 28.3. The summed E-state index contributed by atoms with van der Waals surface area (Å²) in [5, 5.41) is 4.10. The lowest BCUT2D eigenvalue weighted by Gasteiger charge is -2.11. The lowest BCUT2D eigenvalue weighted by Crippen LogP contribution is -1.94. The fourth-order valence-electron chi connectivity index (χ4n) is 7.12.